The van der Waals surface area contributed by atoms with Crippen molar-refractivity contribution in [3.8, 4) is 22.9 Å². The molecule has 5 nitrogen and oxygen atoms in total. The van der Waals surface area contributed by atoms with E-state index in [0.717, 1.165) is 11.0 Å². The van der Waals surface area contributed by atoms with Crippen LogP contribution in [0.5, 0.6) is 11.5 Å². The number of aryl methyl sites for hydroxylation is 1. The Hall–Kier alpha value is -2.56. The molecule has 0 atom stereocenters. The summed E-state index contributed by atoms with van der Waals surface area (Å²) in [6.45, 7) is 0. The second-order valence-electron chi connectivity index (χ2n) is 4.10. The van der Waals surface area contributed by atoms with Gasteiger partial charge in [-0.2, -0.15) is 0 Å². The van der Waals surface area contributed by atoms with E-state index < -0.39 is 0 Å². The van der Waals surface area contributed by atoms with Gasteiger partial charge in [0.15, 0.2) is 0 Å². The number of hydrogen-bond donors (Lipinski definition) is 2. The second-order valence-corrected chi connectivity index (χ2v) is 4.10. The van der Waals surface area contributed by atoms with E-state index >= 15 is 0 Å². The fourth-order valence-electron chi connectivity index (χ4n) is 2.03. The minimum Gasteiger partial charge on any atom is -0.508 e. The lowest BCUT2D eigenvalue weighted by Gasteiger charge is -2.04. The number of hydrogen-bond acceptors (Lipinski definition) is 4. The molecule has 0 bridgehead atoms. The normalized spacial score (nSPS) is 10.9. The van der Waals surface area contributed by atoms with Gasteiger partial charge in [0.1, 0.15) is 22.8 Å². The van der Waals surface area contributed by atoms with Crippen LogP contribution in [-0.2, 0) is 7.05 Å². The quantitative estimate of drug-likeness (QED) is 0.684. The number of aromatic hydroxyl groups is 2. The largest absolute Gasteiger partial charge is 0.508 e. The van der Waals surface area contributed by atoms with E-state index in [1.807, 2.05) is 17.7 Å². The van der Waals surface area contributed by atoms with Crippen LogP contribution in [0.1, 0.15) is 0 Å². The molecule has 0 aliphatic carbocycles. The van der Waals surface area contributed by atoms with Crippen LogP contribution in [-0.4, -0.2) is 24.7 Å². The monoisotopic (exact) mass is 241 g/mol. The smallest absolute Gasteiger partial charge is 0.141 e. The topological polar surface area (TPSA) is 71.2 Å². The Bertz CT molecular complexity index is 714. The summed E-state index contributed by atoms with van der Waals surface area (Å²) in [4.78, 5) is 8.46. The average molecular weight is 241 g/mol. The third-order valence-electron chi connectivity index (χ3n) is 2.84. The van der Waals surface area contributed by atoms with Gasteiger partial charge in [-0.15, -0.1) is 0 Å². The summed E-state index contributed by atoms with van der Waals surface area (Å²) in [7, 11) is 1.88. The summed E-state index contributed by atoms with van der Waals surface area (Å²) in [6, 6.07) is 6.28. The lowest BCUT2D eigenvalue weighted by Crippen LogP contribution is -1.92. The van der Waals surface area contributed by atoms with Crippen molar-refractivity contribution in [2.45, 2.75) is 0 Å². The summed E-state index contributed by atoms with van der Waals surface area (Å²) < 4.78 is 1.89. The standard InChI is InChI=1S/C13H11N3O2/c1-16-12-2-3-14-7-11(12)15-13(16)8-4-9(17)6-10(18)5-8/h2-7,17-18H,1H3. The molecule has 0 unspecified atom stereocenters. The Morgan fingerprint density at radius 2 is 1.83 bits per heavy atom. The first-order valence-corrected chi connectivity index (χ1v) is 5.45. The molecule has 0 radical (unpaired) electrons. The summed E-state index contributed by atoms with van der Waals surface area (Å²) in [5, 5.41) is 19.0. The zero-order valence-electron chi connectivity index (χ0n) is 9.70. The summed E-state index contributed by atoms with van der Waals surface area (Å²) in [5.41, 5.74) is 2.38. The van der Waals surface area contributed by atoms with Crippen LogP contribution in [0.3, 0.4) is 0 Å². The first-order valence-electron chi connectivity index (χ1n) is 5.45. The number of rotatable bonds is 1. The molecule has 90 valence electrons. The van der Waals surface area contributed by atoms with E-state index in [9.17, 15) is 10.2 Å². The van der Waals surface area contributed by atoms with Crippen molar-refractivity contribution >= 4 is 11.0 Å². The van der Waals surface area contributed by atoms with Crippen molar-refractivity contribution in [3.63, 3.8) is 0 Å². The molecule has 0 spiro atoms. The van der Waals surface area contributed by atoms with Gasteiger partial charge in [0.2, 0.25) is 0 Å². The van der Waals surface area contributed by atoms with Crippen molar-refractivity contribution in [2.24, 2.45) is 7.05 Å². The third-order valence-corrected chi connectivity index (χ3v) is 2.84. The van der Waals surface area contributed by atoms with Crippen molar-refractivity contribution in [3.05, 3.63) is 36.7 Å². The highest BCUT2D eigenvalue weighted by Gasteiger charge is 2.11. The zero-order chi connectivity index (χ0) is 12.7. The fourth-order valence-corrected chi connectivity index (χ4v) is 2.03. The van der Waals surface area contributed by atoms with E-state index in [2.05, 4.69) is 9.97 Å². The lowest BCUT2D eigenvalue weighted by molar-refractivity contribution is 0.451. The molecule has 0 aliphatic rings. The van der Waals surface area contributed by atoms with Crippen molar-refractivity contribution in [2.75, 3.05) is 0 Å². The SMILES string of the molecule is Cn1c(-c2cc(O)cc(O)c2)nc2cnccc21. The summed E-state index contributed by atoms with van der Waals surface area (Å²) >= 11 is 0. The van der Waals surface area contributed by atoms with Gasteiger partial charge in [0.25, 0.3) is 0 Å². The Morgan fingerprint density at radius 3 is 2.50 bits per heavy atom. The highest BCUT2D eigenvalue weighted by Crippen LogP contribution is 2.29. The molecule has 2 N–H and O–H groups in total. The van der Waals surface area contributed by atoms with Crippen LogP contribution in [0, 0.1) is 0 Å². The van der Waals surface area contributed by atoms with Gasteiger partial charge in [0, 0.05) is 24.9 Å². The predicted octanol–water partition coefficient (Wildman–Crippen LogP) is 2.05. The number of phenolic OH excluding ortho intramolecular Hbond substituents is 2. The van der Waals surface area contributed by atoms with E-state index in [-0.39, 0.29) is 11.5 Å². The number of pyridine rings is 1. The summed E-state index contributed by atoms with van der Waals surface area (Å²) in [5.74, 6) is 0.689. The molecular formula is C13H11N3O2. The molecule has 0 aliphatic heterocycles. The molecule has 3 rings (SSSR count). The first-order chi connectivity index (χ1) is 8.65. The zero-order valence-corrected chi connectivity index (χ0v) is 9.70. The number of benzene rings is 1. The number of nitrogens with zero attached hydrogens (tertiary/aromatic N) is 3. The van der Waals surface area contributed by atoms with Crippen LogP contribution >= 0.6 is 0 Å². The Morgan fingerprint density at radius 1 is 1.11 bits per heavy atom. The molecule has 0 saturated carbocycles. The highest BCUT2D eigenvalue weighted by molar-refractivity contribution is 5.80. The molecule has 5 heteroatoms. The maximum Gasteiger partial charge on any atom is 0.141 e. The predicted molar refractivity (Wildman–Crippen MR) is 67.3 cm³/mol. The number of fused-ring (bicyclic) bond motifs is 1. The molecule has 18 heavy (non-hydrogen) atoms. The average Bonchev–Trinajstić information content (AvgIpc) is 2.66. The maximum absolute atomic E-state index is 9.51. The van der Waals surface area contributed by atoms with E-state index in [1.165, 1.54) is 6.07 Å². The van der Waals surface area contributed by atoms with Gasteiger partial charge in [-0.25, -0.2) is 4.98 Å². The van der Waals surface area contributed by atoms with Crippen LogP contribution < -0.4 is 0 Å². The molecule has 0 amide bonds. The van der Waals surface area contributed by atoms with Crippen molar-refractivity contribution < 1.29 is 10.2 Å². The fraction of sp³-hybridized carbons (Fsp3) is 0.0769. The van der Waals surface area contributed by atoms with Gasteiger partial charge in [-0.1, -0.05) is 0 Å². The minimum absolute atomic E-state index is 0.00943. The van der Waals surface area contributed by atoms with Gasteiger partial charge >= 0.3 is 0 Å². The molecule has 1 aromatic carbocycles. The van der Waals surface area contributed by atoms with Gasteiger partial charge in [-0.3, -0.25) is 4.98 Å². The number of phenols is 2. The van der Waals surface area contributed by atoms with Crippen LogP contribution in [0.25, 0.3) is 22.4 Å². The first kappa shape index (κ1) is 10.6. The molecule has 0 saturated heterocycles. The Labute approximate surface area is 103 Å². The number of aromatic nitrogens is 3. The van der Waals surface area contributed by atoms with Crippen molar-refractivity contribution in [1.82, 2.24) is 14.5 Å². The Balaban J connectivity index is 2.28. The molecule has 2 heterocycles. The third kappa shape index (κ3) is 1.57. The maximum atomic E-state index is 9.51. The van der Waals surface area contributed by atoms with Gasteiger partial charge in [-0.05, 0) is 18.2 Å². The van der Waals surface area contributed by atoms with Crippen LogP contribution in [0.15, 0.2) is 36.7 Å². The van der Waals surface area contributed by atoms with Gasteiger partial charge in [0.05, 0.1) is 11.7 Å². The molecule has 0 fully saturated rings. The van der Waals surface area contributed by atoms with E-state index in [0.29, 0.717) is 11.4 Å². The lowest BCUT2D eigenvalue weighted by atomic mass is 10.2. The Kier molecular flexibility index (Phi) is 2.19. The minimum atomic E-state index is 0.00943. The van der Waals surface area contributed by atoms with E-state index in [1.54, 1.807) is 24.5 Å². The number of imidazole rings is 1. The molecule has 2 aromatic heterocycles. The van der Waals surface area contributed by atoms with Crippen molar-refractivity contribution in [1.29, 1.82) is 0 Å². The summed E-state index contributed by atoms with van der Waals surface area (Å²) in [6.07, 6.45) is 3.38. The van der Waals surface area contributed by atoms with E-state index in [4.69, 9.17) is 0 Å². The molecule has 3 aromatic rings. The highest BCUT2D eigenvalue weighted by atomic mass is 16.3. The van der Waals surface area contributed by atoms with Crippen LogP contribution in [0.2, 0.25) is 0 Å². The van der Waals surface area contributed by atoms with Crippen LogP contribution in [0.4, 0.5) is 0 Å². The second kappa shape index (κ2) is 3.73. The van der Waals surface area contributed by atoms with Gasteiger partial charge < -0.3 is 14.8 Å². The molecular weight excluding hydrogens is 230 g/mol.